The average Bonchev–Trinajstić information content (AvgIpc) is 2.67. The highest BCUT2D eigenvalue weighted by molar-refractivity contribution is 4.88. The Bertz CT molecular complexity index is 184. The van der Waals surface area contributed by atoms with Crippen molar-refractivity contribution in [2.75, 3.05) is 19.7 Å². The molecule has 1 aliphatic rings. The highest BCUT2D eigenvalue weighted by Gasteiger charge is 2.31. The number of hydrogen-bond acceptors (Lipinski definition) is 3. The molecule has 3 nitrogen and oxygen atoms in total. The van der Waals surface area contributed by atoms with Gasteiger partial charge in [0.05, 0.1) is 6.61 Å². The van der Waals surface area contributed by atoms with Crippen LogP contribution in [0.1, 0.15) is 33.6 Å². The smallest absolute Gasteiger partial charge is 0.0602 e. The van der Waals surface area contributed by atoms with Gasteiger partial charge in [-0.2, -0.15) is 0 Å². The SMILES string of the molecule is CCC1CCN(C(CO)C(N)C(C)C)C1. The van der Waals surface area contributed by atoms with Gasteiger partial charge in [0.15, 0.2) is 0 Å². The molecule has 0 bridgehead atoms. The number of hydrogen-bond donors (Lipinski definition) is 2. The minimum atomic E-state index is 0.0885. The molecule has 90 valence electrons. The van der Waals surface area contributed by atoms with Gasteiger partial charge in [-0.05, 0) is 24.8 Å². The highest BCUT2D eigenvalue weighted by Crippen LogP contribution is 2.23. The summed E-state index contributed by atoms with van der Waals surface area (Å²) in [6.07, 6.45) is 2.50. The van der Waals surface area contributed by atoms with Crippen LogP contribution in [0.15, 0.2) is 0 Å². The summed E-state index contributed by atoms with van der Waals surface area (Å²) in [4.78, 5) is 2.37. The van der Waals surface area contributed by atoms with E-state index in [1.807, 2.05) is 0 Å². The zero-order chi connectivity index (χ0) is 11.4. The maximum Gasteiger partial charge on any atom is 0.0602 e. The third-order valence-electron chi connectivity index (χ3n) is 3.76. The van der Waals surface area contributed by atoms with Gasteiger partial charge in [-0.1, -0.05) is 27.2 Å². The first-order valence-corrected chi connectivity index (χ1v) is 6.20. The van der Waals surface area contributed by atoms with Crippen molar-refractivity contribution >= 4 is 0 Å². The van der Waals surface area contributed by atoms with E-state index in [0.29, 0.717) is 5.92 Å². The second-order valence-corrected chi connectivity index (χ2v) is 5.13. The van der Waals surface area contributed by atoms with Crippen LogP contribution in [0.3, 0.4) is 0 Å². The van der Waals surface area contributed by atoms with Gasteiger partial charge in [0.2, 0.25) is 0 Å². The minimum Gasteiger partial charge on any atom is -0.395 e. The van der Waals surface area contributed by atoms with Crippen LogP contribution in [0.4, 0.5) is 0 Å². The van der Waals surface area contributed by atoms with E-state index < -0.39 is 0 Å². The molecule has 0 aromatic rings. The van der Waals surface area contributed by atoms with E-state index in [1.165, 1.54) is 12.8 Å². The van der Waals surface area contributed by atoms with Crippen LogP contribution in [0.5, 0.6) is 0 Å². The molecule has 1 heterocycles. The number of aliphatic hydroxyl groups excluding tert-OH is 1. The molecule has 0 spiro atoms. The van der Waals surface area contributed by atoms with Crippen molar-refractivity contribution in [2.45, 2.75) is 45.7 Å². The van der Waals surface area contributed by atoms with E-state index >= 15 is 0 Å². The number of likely N-dealkylation sites (tertiary alicyclic amines) is 1. The first-order valence-electron chi connectivity index (χ1n) is 6.20. The van der Waals surface area contributed by atoms with Gasteiger partial charge in [0.25, 0.3) is 0 Å². The minimum absolute atomic E-state index is 0.0885. The molecular weight excluding hydrogens is 188 g/mol. The van der Waals surface area contributed by atoms with Gasteiger partial charge < -0.3 is 10.8 Å². The normalized spacial score (nSPS) is 27.2. The first kappa shape index (κ1) is 12.9. The van der Waals surface area contributed by atoms with Crippen LogP contribution in [0.25, 0.3) is 0 Å². The lowest BCUT2D eigenvalue weighted by molar-refractivity contribution is 0.108. The Kier molecular flexibility index (Phi) is 5.03. The molecule has 15 heavy (non-hydrogen) atoms. The summed E-state index contributed by atoms with van der Waals surface area (Å²) in [6, 6.07) is 0.243. The summed E-state index contributed by atoms with van der Waals surface area (Å²) < 4.78 is 0. The van der Waals surface area contributed by atoms with Gasteiger partial charge in [0, 0.05) is 18.6 Å². The molecule has 1 fully saturated rings. The molecule has 3 atom stereocenters. The van der Waals surface area contributed by atoms with E-state index in [1.54, 1.807) is 0 Å². The zero-order valence-corrected chi connectivity index (χ0v) is 10.3. The average molecular weight is 214 g/mol. The molecule has 0 radical (unpaired) electrons. The molecule has 0 aromatic carbocycles. The van der Waals surface area contributed by atoms with Crippen LogP contribution < -0.4 is 5.73 Å². The standard InChI is InChI=1S/C12H26N2O/c1-4-10-5-6-14(7-10)11(8-15)12(13)9(2)3/h9-12,15H,4-8,13H2,1-3H3. The topological polar surface area (TPSA) is 49.5 Å². The fourth-order valence-electron chi connectivity index (χ4n) is 2.42. The van der Waals surface area contributed by atoms with Crippen molar-refractivity contribution in [1.29, 1.82) is 0 Å². The predicted molar refractivity (Wildman–Crippen MR) is 63.7 cm³/mol. The van der Waals surface area contributed by atoms with Gasteiger partial charge in [-0.3, -0.25) is 4.90 Å². The predicted octanol–water partition coefficient (Wildman–Crippen LogP) is 1.06. The molecule has 1 saturated heterocycles. The fourth-order valence-corrected chi connectivity index (χ4v) is 2.42. The molecular formula is C12H26N2O. The molecule has 1 aliphatic heterocycles. The van der Waals surface area contributed by atoms with Crippen molar-refractivity contribution in [3.05, 3.63) is 0 Å². The van der Waals surface area contributed by atoms with Crippen molar-refractivity contribution in [2.24, 2.45) is 17.6 Å². The largest absolute Gasteiger partial charge is 0.395 e. The monoisotopic (exact) mass is 214 g/mol. The van der Waals surface area contributed by atoms with Gasteiger partial charge in [0.1, 0.15) is 0 Å². The third-order valence-corrected chi connectivity index (χ3v) is 3.76. The maximum atomic E-state index is 9.44. The Morgan fingerprint density at radius 2 is 2.13 bits per heavy atom. The number of rotatable bonds is 5. The molecule has 0 aliphatic carbocycles. The van der Waals surface area contributed by atoms with E-state index in [0.717, 1.165) is 19.0 Å². The quantitative estimate of drug-likeness (QED) is 0.719. The molecule has 0 amide bonds. The van der Waals surface area contributed by atoms with E-state index in [4.69, 9.17) is 5.73 Å². The zero-order valence-electron chi connectivity index (χ0n) is 10.3. The fraction of sp³-hybridized carbons (Fsp3) is 1.00. The molecule has 0 aromatic heterocycles. The Labute approximate surface area is 93.6 Å². The van der Waals surface area contributed by atoms with Crippen molar-refractivity contribution < 1.29 is 5.11 Å². The summed E-state index contributed by atoms with van der Waals surface area (Å²) in [5, 5.41) is 9.44. The van der Waals surface area contributed by atoms with E-state index in [2.05, 4.69) is 25.7 Å². The second-order valence-electron chi connectivity index (χ2n) is 5.13. The molecule has 3 unspecified atom stereocenters. The Balaban J connectivity index is 2.52. The van der Waals surface area contributed by atoms with Crippen molar-refractivity contribution in [3.8, 4) is 0 Å². The van der Waals surface area contributed by atoms with E-state index in [-0.39, 0.29) is 18.7 Å². The van der Waals surface area contributed by atoms with Gasteiger partial charge in [-0.15, -0.1) is 0 Å². The van der Waals surface area contributed by atoms with Crippen molar-refractivity contribution in [1.82, 2.24) is 4.90 Å². The van der Waals surface area contributed by atoms with Crippen LogP contribution in [0, 0.1) is 11.8 Å². The number of nitrogens with two attached hydrogens (primary N) is 1. The van der Waals surface area contributed by atoms with Gasteiger partial charge in [-0.25, -0.2) is 0 Å². The van der Waals surface area contributed by atoms with E-state index in [9.17, 15) is 5.11 Å². The highest BCUT2D eigenvalue weighted by atomic mass is 16.3. The summed E-state index contributed by atoms with van der Waals surface area (Å²) in [6.45, 7) is 8.90. The van der Waals surface area contributed by atoms with Crippen LogP contribution in [-0.2, 0) is 0 Å². The Hall–Kier alpha value is -0.120. The molecule has 1 rings (SSSR count). The summed E-state index contributed by atoms with van der Waals surface area (Å²) >= 11 is 0. The molecule has 3 N–H and O–H groups in total. The first-order chi connectivity index (χ1) is 7.10. The third kappa shape index (κ3) is 3.16. The Morgan fingerprint density at radius 1 is 1.47 bits per heavy atom. The lowest BCUT2D eigenvalue weighted by atomic mass is 9.97. The molecule has 3 heteroatoms. The van der Waals surface area contributed by atoms with Gasteiger partial charge >= 0.3 is 0 Å². The number of nitrogens with zero attached hydrogens (tertiary/aromatic N) is 1. The van der Waals surface area contributed by atoms with Crippen LogP contribution in [0.2, 0.25) is 0 Å². The van der Waals surface area contributed by atoms with Crippen LogP contribution in [-0.4, -0.2) is 41.8 Å². The molecule has 0 saturated carbocycles. The Morgan fingerprint density at radius 3 is 2.53 bits per heavy atom. The summed E-state index contributed by atoms with van der Waals surface area (Å²) in [5.41, 5.74) is 6.14. The van der Waals surface area contributed by atoms with Crippen LogP contribution >= 0.6 is 0 Å². The number of aliphatic hydroxyl groups is 1. The lowest BCUT2D eigenvalue weighted by Gasteiger charge is -2.33. The maximum absolute atomic E-state index is 9.44. The summed E-state index contributed by atoms with van der Waals surface area (Å²) in [7, 11) is 0. The second kappa shape index (κ2) is 5.83. The summed E-state index contributed by atoms with van der Waals surface area (Å²) in [5.74, 6) is 1.24. The van der Waals surface area contributed by atoms with Crippen molar-refractivity contribution in [3.63, 3.8) is 0 Å². The lowest BCUT2D eigenvalue weighted by Crippen LogP contribution is -2.51.